The molecule has 0 saturated heterocycles. The molecule has 0 bridgehead atoms. The third-order valence-corrected chi connectivity index (χ3v) is 5.39. The van der Waals surface area contributed by atoms with Crippen LogP contribution in [0.1, 0.15) is 38.5 Å². The average molecular weight is 469 g/mol. The molecule has 4 rings (SSSR count). The molecule has 1 N–H and O–H groups in total. The highest BCUT2D eigenvalue weighted by Gasteiger charge is 2.22. The number of hydrogen-bond donors (Lipinski definition) is 1. The van der Waals surface area contributed by atoms with Crippen LogP contribution in [0.2, 0.25) is 5.02 Å². The van der Waals surface area contributed by atoms with Crippen LogP contribution in [0.4, 0.5) is 10.2 Å². The number of halogens is 2. The van der Waals surface area contributed by atoms with E-state index in [4.69, 9.17) is 20.9 Å². The van der Waals surface area contributed by atoms with Crippen molar-refractivity contribution in [3.63, 3.8) is 0 Å². The van der Waals surface area contributed by atoms with Gasteiger partial charge in [0.25, 0.3) is 5.91 Å². The van der Waals surface area contributed by atoms with Crippen molar-refractivity contribution in [2.45, 2.75) is 33.9 Å². The summed E-state index contributed by atoms with van der Waals surface area (Å²) in [6, 6.07) is 11.9. The molecule has 2 aromatic carbocycles. The highest BCUT2D eigenvalue weighted by Crippen LogP contribution is 2.24. The van der Waals surface area contributed by atoms with Crippen molar-refractivity contribution >= 4 is 23.3 Å². The minimum absolute atomic E-state index is 0.0985. The molecule has 0 radical (unpaired) electrons. The standard InChI is InChI=1S/C24H22ClFN4O3/c1-14-4-9-21(15(2)10-14)32-13-19-16(3)33-29-22(19)24(31)27-23-20(25)12-30(28-23)11-17-5-7-18(26)8-6-17/h4-10,12H,11,13H2,1-3H3,(H,27,28,31). The predicted molar refractivity (Wildman–Crippen MR) is 122 cm³/mol. The number of aryl methyl sites for hydroxylation is 3. The Morgan fingerprint density at radius 1 is 1.18 bits per heavy atom. The van der Waals surface area contributed by atoms with Crippen LogP contribution in [-0.4, -0.2) is 20.8 Å². The van der Waals surface area contributed by atoms with Gasteiger partial charge in [0, 0.05) is 6.20 Å². The second-order valence-electron chi connectivity index (χ2n) is 7.73. The number of nitrogens with one attached hydrogen (secondary N) is 1. The molecular formula is C24H22ClFN4O3. The first-order chi connectivity index (χ1) is 15.8. The van der Waals surface area contributed by atoms with E-state index in [0.29, 0.717) is 17.9 Å². The molecule has 9 heteroatoms. The molecular weight excluding hydrogens is 447 g/mol. The Morgan fingerprint density at radius 3 is 2.67 bits per heavy atom. The molecule has 0 unspecified atom stereocenters. The van der Waals surface area contributed by atoms with Gasteiger partial charge in [-0.2, -0.15) is 5.10 Å². The maximum Gasteiger partial charge on any atom is 0.279 e. The van der Waals surface area contributed by atoms with Gasteiger partial charge in [-0.1, -0.05) is 46.6 Å². The Kier molecular flexibility index (Phi) is 6.46. The van der Waals surface area contributed by atoms with Gasteiger partial charge in [0.1, 0.15) is 29.0 Å². The number of carbonyl (C=O) groups excluding carboxylic acids is 1. The molecule has 0 aliphatic rings. The normalized spacial score (nSPS) is 10.9. The van der Waals surface area contributed by atoms with E-state index in [9.17, 15) is 9.18 Å². The summed E-state index contributed by atoms with van der Waals surface area (Å²) in [6.07, 6.45) is 1.58. The number of rotatable bonds is 7. The van der Waals surface area contributed by atoms with Gasteiger partial charge in [-0.15, -0.1) is 0 Å². The molecule has 0 fully saturated rings. The number of benzene rings is 2. The fourth-order valence-electron chi connectivity index (χ4n) is 3.36. The lowest BCUT2D eigenvalue weighted by Crippen LogP contribution is -2.16. The number of anilines is 1. The van der Waals surface area contributed by atoms with Crippen molar-refractivity contribution in [1.29, 1.82) is 0 Å². The first-order valence-electron chi connectivity index (χ1n) is 10.2. The van der Waals surface area contributed by atoms with Crippen LogP contribution in [0, 0.1) is 26.6 Å². The van der Waals surface area contributed by atoms with Crippen molar-refractivity contribution in [1.82, 2.24) is 14.9 Å². The smallest absolute Gasteiger partial charge is 0.279 e. The number of amides is 1. The fourth-order valence-corrected chi connectivity index (χ4v) is 3.55. The molecule has 7 nitrogen and oxygen atoms in total. The lowest BCUT2D eigenvalue weighted by Gasteiger charge is -2.10. The lowest BCUT2D eigenvalue weighted by molar-refractivity contribution is 0.101. The summed E-state index contributed by atoms with van der Waals surface area (Å²) in [5, 5.41) is 11.1. The van der Waals surface area contributed by atoms with Crippen molar-refractivity contribution in [2.75, 3.05) is 5.32 Å². The fraction of sp³-hybridized carbons (Fsp3) is 0.208. The molecule has 2 heterocycles. The summed E-state index contributed by atoms with van der Waals surface area (Å²) >= 11 is 6.26. The largest absolute Gasteiger partial charge is 0.488 e. The maximum absolute atomic E-state index is 13.1. The van der Waals surface area contributed by atoms with Gasteiger partial charge >= 0.3 is 0 Å². The zero-order valence-electron chi connectivity index (χ0n) is 18.4. The zero-order valence-corrected chi connectivity index (χ0v) is 19.1. The van der Waals surface area contributed by atoms with Gasteiger partial charge < -0.3 is 14.6 Å². The zero-order chi connectivity index (χ0) is 23.5. The number of nitrogens with zero attached hydrogens (tertiary/aromatic N) is 3. The minimum Gasteiger partial charge on any atom is -0.488 e. The van der Waals surface area contributed by atoms with Crippen LogP contribution in [0.3, 0.4) is 0 Å². The van der Waals surface area contributed by atoms with Crippen LogP contribution in [0.25, 0.3) is 0 Å². The van der Waals surface area contributed by atoms with E-state index in [1.165, 1.54) is 12.1 Å². The first-order valence-corrected chi connectivity index (χ1v) is 10.6. The van der Waals surface area contributed by atoms with E-state index >= 15 is 0 Å². The molecule has 170 valence electrons. The Morgan fingerprint density at radius 2 is 1.94 bits per heavy atom. The Balaban J connectivity index is 1.47. The maximum atomic E-state index is 13.1. The third-order valence-electron chi connectivity index (χ3n) is 5.11. The molecule has 0 saturated carbocycles. The van der Waals surface area contributed by atoms with Crippen LogP contribution >= 0.6 is 11.6 Å². The average Bonchev–Trinajstić information content (AvgIpc) is 3.31. The van der Waals surface area contributed by atoms with Gasteiger partial charge in [-0.05, 0) is 50.1 Å². The van der Waals surface area contributed by atoms with E-state index in [1.807, 2.05) is 32.0 Å². The van der Waals surface area contributed by atoms with E-state index in [-0.39, 0.29) is 29.0 Å². The molecule has 4 aromatic rings. The van der Waals surface area contributed by atoms with Crippen LogP contribution in [0.5, 0.6) is 5.75 Å². The highest BCUT2D eigenvalue weighted by molar-refractivity contribution is 6.33. The van der Waals surface area contributed by atoms with Gasteiger partial charge in [0.2, 0.25) is 0 Å². The van der Waals surface area contributed by atoms with E-state index in [1.54, 1.807) is 29.9 Å². The van der Waals surface area contributed by atoms with Crippen LogP contribution in [-0.2, 0) is 13.2 Å². The summed E-state index contributed by atoms with van der Waals surface area (Å²) < 4.78 is 25.8. The van der Waals surface area contributed by atoms with Crippen LogP contribution in [0.15, 0.2) is 53.2 Å². The summed E-state index contributed by atoms with van der Waals surface area (Å²) in [5.41, 5.74) is 3.60. The quantitative estimate of drug-likeness (QED) is 0.389. The number of ether oxygens (including phenoxy) is 1. The molecule has 0 atom stereocenters. The van der Waals surface area contributed by atoms with Crippen LogP contribution < -0.4 is 10.1 Å². The second kappa shape index (κ2) is 9.46. The van der Waals surface area contributed by atoms with Crippen molar-refractivity contribution in [2.24, 2.45) is 0 Å². The second-order valence-corrected chi connectivity index (χ2v) is 8.13. The van der Waals surface area contributed by atoms with Gasteiger partial charge in [0.15, 0.2) is 11.5 Å². The summed E-state index contributed by atoms with van der Waals surface area (Å²) in [7, 11) is 0. The summed E-state index contributed by atoms with van der Waals surface area (Å²) in [4.78, 5) is 12.9. The first kappa shape index (κ1) is 22.5. The molecule has 1 amide bonds. The van der Waals surface area contributed by atoms with E-state index in [0.717, 1.165) is 22.4 Å². The topological polar surface area (TPSA) is 82.2 Å². The molecule has 0 spiro atoms. The molecule has 0 aliphatic carbocycles. The summed E-state index contributed by atoms with van der Waals surface area (Å²) in [5.74, 6) is 0.559. The predicted octanol–water partition coefficient (Wildman–Crippen LogP) is 5.47. The SMILES string of the molecule is Cc1ccc(OCc2c(C(=O)Nc3nn(Cc4ccc(F)cc4)cc3Cl)noc2C)c(C)c1. The van der Waals surface area contributed by atoms with E-state index in [2.05, 4.69) is 15.6 Å². The van der Waals surface area contributed by atoms with Gasteiger partial charge in [0.05, 0.1) is 12.1 Å². The van der Waals surface area contributed by atoms with E-state index < -0.39 is 5.91 Å². The number of hydrogen-bond acceptors (Lipinski definition) is 5. The number of aromatic nitrogens is 3. The summed E-state index contributed by atoms with van der Waals surface area (Å²) in [6.45, 7) is 6.17. The minimum atomic E-state index is -0.514. The third kappa shape index (κ3) is 5.23. The number of carbonyl (C=O) groups is 1. The molecule has 2 aromatic heterocycles. The molecule has 33 heavy (non-hydrogen) atoms. The lowest BCUT2D eigenvalue weighted by atomic mass is 10.1. The Hall–Kier alpha value is -3.65. The Labute approximate surface area is 195 Å². The van der Waals surface area contributed by atoms with Crippen molar-refractivity contribution < 1.29 is 18.4 Å². The highest BCUT2D eigenvalue weighted by atomic mass is 35.5. The Bertz CT molecular complexity index is 1300. The van der Waals surface area contributed by atoms with Crippen molar-refractivity contribution in [3.8, 4) is 5.75 Å². The molecule has 0 aliphatic heterocycles. The van der Waals surface area contributed by atoms with Crippen molar-refractivity contribution in [3.05, 3.63) is 93.2 Å². The van der Waals surface area contributed by atoms with Gasteiger partial charge in [-0.25, -0.2) is 4.39 Å². The van der Waals surface area contributed by atoms with Gasteiger partial charge in [-0.3, -0.25) is 9.48 Å². The monoisotopic (exact) mass is 468 g/mol.